The summed E-state index contributed by atoms with van der Waals surface area (Å²) in [6, 6.07) is 1.19. The summed E-state index contributed by atoms with van der Waals surface area (Å²) in [5.74, 6) is 0. The molecule has 22 heavy (non-hydrogen) atoms. The van der Waals surface area contributed by atoms with Crippen molar-refractivity contribution in [2.24, 2.45) is 0 Å². The second-order valence-corrected chi connectivity index (χ2v) is 13.3. The summed E-state index contributed by atoms with van der Waals surface area (Å²) in [5.41, 5.74) is 1.33. The summed E-state index contributed by atoms with van der Waals surface area (Å²) in [6.45, 7) is 14.3. The van der Waals surface area contributed by atoms with Crippen molar-refractivity contribution < 1.29 is 9.47 Å². The third kappa shape index (κ3) is 9.60. The molecule has 0 spiro atoms. The minimum Gasteiger partial charge on any atom is -0.346 e. The monoisotopic (exact) mass is 324 g/mol. The molecule has 2 nitrogen and oxygen atoms in total. The fourth-order valence-corrected chi connectivity index (χ4v) is 4.54. The van der Waals surface area contributed by atoms with Crippen molar-refractivity contribution in [3.8, 4) is 0 Å². The summed E-state index contributed by atoms with van der Waals surface area (Å²) >= 11 is 0. The van der Waals surface area contributed by atoms with E-state index in [4.69, 9.17) is 9.47 Å². The average molecular weight is 325 g/mol. The van der Waals surface area contributed by atoms with Crippen molar-refractivity contribution in [3.05, 3.63) is 24.3 Å². The second-order valence-electron chi connectivity index (χ2n) is 7.78. The van der Waals surface area contributed by atoms with Crippen LogP contribution in [0.3, 0.4) is 0 Å². The molecule has 2 atom stereocenters. The van der Waals surface area contributed by atoms with Crippen LogP contribution < -0.4 is 0 Å². The van der Waals surface area contributed by atoms with E-state index in [1.54, 1.807) is 0 Å². The first kappa shape index (κ1) is 19.7. The van der Waals surface area contributed by atoms with Gasteiger partial charge in [-0.2, -0.15) is 0 Å². The van der Waals surface area contributed by atoms with Crippen LogP contribution in [0.15, 0.2) is 24.3 Å². The first-order valence-electron chi connectivity index (χ1n) is 9.01. The lowest BCUT2D eigenvalue weighted by Crippen LogP contribution is -2.21. The third-order valence-electron chi connectivity index (χ3n) is 3.84. The predicted molar refractivity (Wildman–Crippen MR) is 99.0 cm³/mol. The normalized spacial score (nSPS) is 22.5. The molecule has 0 radical (unpaired) electrons. The molecule has 1 heterocycles. The van der Waals surface area contributed by atoms with Gasteiger partial charge in [-0.3, -0.25) is 0 Å². The minimum atomic E-state index is -1.06. The summed E-state index contributed by atoms with van der Waals surface area (Å²) in [5, 5.41) is 0. The van der Waals surface area contributed by atoms with E-state index < -0.39 is 8.07 Å². The first-order valence-corrected chi connectivity index (χ1v) is 12.7. The number of allylic oxidation sites excluding steroid dienone is 1. The van der Waals surface area contributed by atoms with Crippen molar-refractivity contribution in [2.45, 2.75) is 89.9 Å². The molecule has 0 aromatic rings. The molecule has 0 N–H and O–H groups in total. The smallest absolute Gasteiger partial charge is 0.177 e. The Balaban J connectivity index is 2.13. The maximum Gasteiger partial charge on any atom is 0.177 e. The van der Waals surface area contributed by atoms with Crippen LogP contribution in [0, 0.1) is 0 Å². The van der Waals surface area contributed by atoms with Gasteiger partial charge >= 0.3 is 0 Å². The standard InChI is InChI=1S/C19H36O2Si/c1-6-7-8-9-10-11-12-13-19-20-15-18(21-19)14-17(2)16-22(3,4)5/h12-13,18-19H,2,6-11,14-16H2,1,3-5H3/b13-12+. The van der Waals surface area contributed by atoms with Crippen LogP contribution in [-0.2, 0) is 9.47 Å². The topological polar surface area (TPSA) is 18.5 Å². The highest BCUT2D eigenvalue weighted by Crippen LogP contribution is 2.24. The van der Waals surface area contributed by atoms with Gasteiger partial charge in [-0.15, -0.1) is 6.58 Å². The van der Waals surface area contributed by atoms with Crippen LogP contribution in [0.4, 0.5) is 0 Å². The Labute approximate surface area is 139 Å². The average Bonchev–Trinajstić information content (AvgIpc) is 2.83. The first-order chi connectivity index (χ1) is 10.4. The lowest BCUT2D eigenvalue weighted by molar-refractivity contribution is -0.0193. The quantitative estimate of drug-likeness (QED) is 0.266. The van der Waals surface area contributed by atoms with Crippen molar-refractivity contribution in [2.75, 3.05) is 6.61 Å². The Morgan fingerprint density at radius 1 is 1.18 bits per heavy atom. The van der Waals surface area contributed by atoms with E-state index in [1.165, 1.54) is 43.7 Å². The Morgan fingerprint density at radius 3 is 2.59 bits per heavy atom. The second kappa shape index (κ2) is 10.4. The van der Waals surface area contributed by atoms with E-state index in [2.05, 4.69) is 45.3 Å². The molecule has 1 aliphatic heterocycles. The number of hydrogen-bond donors (Lipinski definition) is 0. The fourth-order valence-electron chi connectivity index (χ4n) is 2.90. The number of rotatable bonds is 11. The number of ether oxygens (including phenoxy) is 2. The zero-order chi connectivity index (χ0) is 16.4. The molecule has 0 saturated carbocycles. The van der Waals surface area contributed by atoms with Crippen LogP contribution in [0.2, 0.25) is 25.7 Å². The highest BCUT2D eigenvalue weighted by molar-refractivity contribution is 6.76. The van der Waals surface area contributed by atoms with Crippen LogP contribution >= 0.6 is 0 Å². The highest BCUT2D eigenvalue weighted by atomic mass is 28.3. The Bertz CT molecular complexity index is 344. The summed E-state index contributed by atoms with van der Waals surface area (Å²) in [6.07, 6.45) is 13.1. The van der Waals surface area contributed by atoms with Crippen molar-refractivity contribution in [1.29, 1.82) is 0 Å². The molecule has 0 bridgehead atoms. The largest absolute Gasteiger partial charge is 0.346 e. The SMILES string of the molecule is C=C(CC1COC(/C=C/CCCCCCC)O1)C[Si](C)(C)C. The molecule has 0 aromatic heterocycles. The van der Waals surface area contributed by atoms with Gasteiger partial charge in [-0.25, -0.2) is 0 Å². The van der Waals surface area contributed by atoms with Gasteiger partial charge in [0.15, 0.2) is 6.29 Å². The van der Waals surface area contributed by atoms with Crippen LogP contribution in [0.25, 0.3) is 0 Å². The Hall–Kier alpha value is -0.383. The number of hydrogen-bond acceptors (Lipinski definition) is 2. The molecule has 0 aliphatic carbocycles. The fraction of sp³-hybridized carbons (Fsp3) is 0.789. The molecule has 128 valence electrons. The molecule has 0 aromatic carbocycles. The molecule has 1 fully saturated rings. The molecule has 0 amide bonds. The van der Waals surface area contributed by atoms with E-state index in [9.17, 15) is 0 Å². The summed E-state index contributed by atoms with van der Waals surface area (Å²) in [4.78, 5) is 0. The minimum absolute atomic E-state index is 0.139. The molecule has 2 unspecified atom stereocenters. The zero-order valence-electron chi connectivity index (χ0n) is 15.2. The maximum absolute atomic E-state index is 5.94. The van der Waals surface area contributed by atoms with Gasteiger partial charge < -0.3 is 9.47 Å². The molecule has 1 saturated heterocycles. The van der Waals surface area contributed by atoms with Gasteiger partial charge in [0.2, 0.25) is 0 Å². The summed E-state index contributed by atoms with van der Waals surface area (Å²) in [7, 11) is -1.06. The van der Waals surface area contributed by atoms with Gasteiger partial charge in [-0.1, -0.05) is 63.9 Å². The van der Waals surface area contributed by atoms with Gasteiger partial charge in [0, 0.05) is 8.07 Å². The third-order valence-corrected chi connectivity index (χ3v) is 5.40. The van der Waals surface area contributed by atoms with E-state index in [0.29, 0.717) is 6.61 Å². The number of unbranched alkanes of at least 4 members (excludes halogenated alkanes) is 5. The van der Waals surface area contributed by atoms with Crippen LogP contribution in [0.1, 0.15) is 51.9 Å². The van der Waals surface area contributed by atoms with Gasteiger partial charge in [0.05, 0.1) is 12.7 Å². The van der Waals surface area contributed by atoms with Crippen LogP contribution in [-0.4, -0.2) is 27.1 Å². The molecule has 3 heteroatoms. The van der Waals surface area contributed by atoms with Gasteiger partial charge in [0.25, 0.3) is 0 Å². The predicted octanol–water partition coefficient (Wildman–Crippen LogP) is 5.93. The van der Waals surface area contributed by atoms with E-state index in [-0.39, 0.29) is 12.4 Å². The molecule has 1 aliphatic rings. The van der Waals surface area contributed by atoms with Gasteiger partial charge in [0.1, 0.15) is 0 Å². The van der Waals surface area contributed by atoms with Crippen molar-refractivity contribution in [3.63, 3.8) is 0 Å². The zero-order valence-corrected chi connectivity index (χ0v) is 16.2. The van der Waals surface area contributed by atoms with Crippen LogP contribution in [0.5, 0.6) is 0 Å². The molecule has 1 rings (SSSR count). The van der Waals surface area contributed by atoms with E-state index >= 15 is 0 Å². The lowest BCUT2D eigenvalue weighted by atomic mass is 10.1. The molecular formula is C19H36O2Si. The van der Waals surface area contributed by atoms with Crippen molar-refractivity contribution in [1.82, 2.24) is 0 Å². The Kier molecular flexibility index (Phi) is 9.30. The maximum atomic E-state index is 5.94. The highest BCUT2D eigenvalue weighted by Gasteiger charge is 2.25. The van der Waals surface area contributed by atoms with Crippen molar-refractivity contribution >= 4 is 8.07 Å². The molecular weight excluding hydrogens is 288 g/mol. The summed E-state index contributed by atoms with van der Waals surface area (Å²) < 4.78 is 11.6. The van der Waals surface area contributed by atoms with E-state index in [1.807, 2.05) is 0 Å². The van der Waals surface area contributed by atoms with Gasteiger partial charge in [-0.05, 0) is 31.4 Å². The van der Waals surface area contributed by atoms with E-state index in [0.717, 1.165) is 12.8 Å². The Morgan fingerprint density at radius 2 is 1.91 bits per heavy atom. The lowest BCUT2D eigenvalue weighted by Gasteiger charge is -2.19.